The number of halogens is 6. The van der Waals surface area contributed by atoms with E-state index in [1.54, 1.807) is 6.08 Å². The van der Waals surface area contributed by atoms with Crippen LogP contribution >= 0.6 is 0 Å². The van der Waals surface area contributed by atoms with Crippen LogP contribution in [-0.4, -0.2) is 30.8 Å². The van der Waals surface area contributed by atoms with Crippen LogP contribution in [0.25, 0.3) is 0 Å². The molecule has 178 valence electrons. The zero-order valence-corrected chi connectivity index (χ0v) is 17.4. The van der Waals surface area contributed by atoms with E-state index in [4.69, 9.17) is 4.74 Å². The Labute approximate surface area is 185 Å². The predicted octanol–water partition coefficient (Wildman–Crippen LogP) is 5.38. The summed E-state index contributed by atoms with van der Waals surface area (Å²) in [7, 11) is 1.28. The lowest BCUT2D eigenvalue weighted by atomic mass is 9.78. The maximum Gasteiger partial charge on any atom is 0.416 e. The molecular formula is C23H21F6NO3. The first-order valence-corrected chi connectivity index (χ1v) is 9.96. The van der Waals surface area contributed by atoms with Crippen LogP contribution in [0.1, 0.15) is 35.1 Å². The van der Waals surface area contributed by atoms with Gasteiger partial charge in [-0.3, -0.25) is 0 Å². The van der Waals surface area contributed by atoms with Gasteiger partial charge in [0.05, 0.1) is 16.7 Å². The zero-order chi connectivity index (χ0) is 24.4. The summed E-state index contributed by atoms with van der Waals surface area (Å²) >= 11 is 0. The molecule has 0 saturated carbocycles. The van der Waals surface area contributed by atoms with E-state index < -0.39 is 41.1 Å². The number of ether oxygens (including phenoxy) is 1. The van der Waals surface area contributed by atoms with E-state index >= 15 is 0 Å². The molecule has 0 aromatic heterocycles. The Bertz CT molecular complexity index is 953. The summed E-state index contributed by atoms with van der Waals surface area (Å²) in [5.74, 6) is -1.17. The summed E-state index contributed by atoms with van der Waals surface area (Å²) in [6.45, 7) is 0.460. The van der Waals surface area contributed by atoms with Gasteiger partial charge in [0.1, 0.15) is 5.60 Å². The lowest BCUT2D eigenvalue weighted by Gasteiger charge is -2.38. The number of aliphatic carboxylic acids is 1. The highest BCUT2D eigenvalue weighted by Crippen LogP contribution is 2.41. The molecule has 1 heterocycles. The molecule has 0 fully saturated rings. The second-order valence-corrected chi connectivity index (χ2v) is 7.65. The second kappa shape index (κ2) is 9.18. The Morgan fingerprint density at radius 2 is 1.33 bits per heavy atom. The maximum atomic E-state index is 13.1. The van der Waals surface area contributed by atoms with Crippen LogP contribution in [0.2, 0.25) is 0 Å². The molecule has 1 aliphatic heterocycles. The molecule has 33 heavy (non-hydrogen) atoms. The van der Waals surface area contributed by atoms with Gasteiger partial charge in [-0.25, -0.2) is 4.79 Å². The van der Waals surface area contributed by atoms with Gasteiger partial charge in [-0.15, -0.1) is 0 Å². The van der Waals surface area contributed by atoms with Crippen LogP contribution in [-0.2, 0) is 27.5 Å². The number of alkyl halides is 6. The van der Waals surface area contributed by atoms with Crippen molar-refractivity contribution in [2.75, 3.05) is 13.7 Å². The van der Waals surface area contributed by atoms with Crippen molar-refractivity contribution in [1.29, 1.82) is 0 Å². The summed E-state index contributed by atoms with van der Waals surface area (Å²) in [5.41, 5.74) is -2.76. The molecule has 0 spiro atoms. The minimum absolute atomic E-state index is 0.0569. The molecule has 4 nitrogen and oxygen atoms in total. The molecule has 0 aliphatic carbocycles. The molecule has 0 bridgehead atoms. The molecule has 1 atom stereocenters. The van der Waals surface area contributed by atoms with Crippen LogP contribution in [0.4, 0.5) is 26.3 Å². The van der Waals surface area contributed by atoms with Gasteiger partial charge in [0, 0.05) is 19.6 Å². The van der Waals surface area contributed by atoms with Crippen LogP contribution < -0.4 is 5.32 Å². The van der Waals surface area contributed by atoms with Crippen molar-refractivity contribution in [2.24, 2.45) is 0 Å². The lowest BCUT2D eigenvalue weighted by Crippen LogP contribution is -2.44. The number of rotatable bonds is 6. The van der Waals surface area contributed by atoms with Crippen molar-refractivity contribution < 1.29 is 41.0 Å². The predicted molar refractivity (Wildman–Crippen MR) is 107 cm³/mol. The Morgan fingerprint density at radius 3 is 1.70 bits per heavy atom. The van der Waals surface area contributed by atoms with Crippen molar-refractivity contribution >= 4 is 5.97 Å². The first-order chi connectivity index (χ1) is 15.4. The summed E-state index contributed by atoms with van der Waals surface area (Å²) in [6.07, 6.45) is -7.21. The van der Waals surface area contributed by atoms with Gasteiger partial charge >= 0.3 is 18.3 Å². The quantitative estimate of drug-likeness (QED) is 0.554. The second-order valence-electron chi connectivity index (χ2n) is 7.65. The maximum absolute atomic E-state index is 13.1. The largest absolute Gasteiger partial charge is 0.478 e. The topological polar surface area (TPSA) is 58.6 Å². The van der Waals surface area contributed by atoms with E-state index in [0.717, 1.165) is 24.3 Å². The molecule has 2 N–H and O–H groups in total. The van der Waals surface area contributed by atoms with Crippen molar-refractivity contribution in [1.82, 2.24) is 5.32 Å². The Balaban J connectivity index is 2.13. The van der Waals surface area contributed by atoms with Crippen molar-refractivity contribution in [3.05, 3.63) is 82.4 Å². The highest BCUT2D eigenvalue weighted by molar-refractivity contribution is 5.88. The van der Waals surface area contributed by atoms with Gasteiger partial charge in [-0.2, -0.15) is 26.3 Å². The molecule has 3 rings (SSSR count). The summed E-state index contributed by atoms with van der Waals surface area (Å²) in [5, 5.41) is 12.6. The number of carbonyl (C=O) groups is 1. The van der Waals surface area contributed by atoms with Crippen molar-refractivity contribution in [3.63, 3.8) is 0 Å². The minimum Gasteiger partial charge on any atom is -0.478 e. The Hall–Kier alpha value is -2.85. The number of nitrogens with one attached hydrogen (secondary N) is 1. The molecule has 10 heteroatoms. The molecular weight excluding hydrogens is 452 g/mol. The van der Waals surface area contributed by atoms with E-state index in [9.17, 15) is 36.2 Å². The third-order valence-corrected chi connectivity index (χ3v) is 5.72. The first-order valence-electron chi connectivity index (χ1n) is 9.96. The molecule has 2 aromatic carbocycles. The number of carboxylic acid groups (broad SMARTS) is 1. The number of carboxylic acids is 1. The minimum atomic E-state index is -4.58. The molecule has 1 unspecified atom stereocenters. The van der Waals surface area contributed by atoms with Gasteiger partial charge < -0.3 is 15.2 Å². The standard InChI is InChI=1S/C23H21F6NO3/c1-33-21(13-19-18(20(31)32)3-2-12-30-19,14-4-8-16(9-5-14)22(24,25)26)15-6-10-17(11-7-15)23(27,28)29/h3-11,19,30H,2,12-13H2,1H3,(H,31,32). The van der Waals surface area contributed by atoms with Crippen molar-refractivity contribution in [3.8, 4) is 0 Å². The Kier molecular flexibility index (Phi) is 6.90. The van der Waals surface area contributed by atoms with E-state index in [2.05, 4.69) is 5.32 Å². The SMILES string of the molecule is COC(CC1NCCC=C1C(=O)O)(c1ccc(C(F)(F)F)cc1)c1ccc(C(F)(F)F)cc1. The van der Waals surface area contributed by atoms with Crippen LogP contribution in [0, 0.1) is 0 Å². The fraction of sp³-hybridized carbons (Fsp3) is 0.348. The molecule has 0 radical (unpaired) electrons. The van der Waals surface area contributed by atoms with Crippen LogP contribution in [0.5, 0.6) is 0 Å². The first kappa shape index (κ1) is 24.8. The lowest BCUT2D eigenvalue weighted by molar-refractivity contribution is -0.138. The average molecular weight is 473 g/mol. The summed E-state index contributed by atoms with van der Waals surface area (Å²) in [6, 6.07) is 7.44. The molecule has 2 aromatic rings. The number of methoxy groups -OCH3 is 1. The summed E-state index contributed by atoms with van der Waals surface area (Å²) < 4.78 is 84.2. The van der Waals surface area contributed by atoms with Gasteiger partial charge in [-0.05, 0) is 48.4 Å². The van der Waals surface area contributed by atoms with Crippen LogP contribution in [0.15, 0.2) is 60.2 Å². The van der Waals surface area contributed by atoms with Gasteiger partial charge in [0.2, 0.25) is 0 Å². The monoisotopic (exact) mass is 473 g/mol. The fourth-order valence-electron chi connectivity index (χ4n) is 4.02. The highest BCUT2D eigenvalue weighted by atomic mass is 19.4. The smallest absolute Gasteiger partial charge is 0.416 e. The number of hydrogen-bond donors (Lipinski definition) is 2. The third-order valence-electron chi connectivity index (χ3n) is 5.72. The van der Waals surface area contributed by atoms with E-state index in [0.29, 0.717) is 13.0 Å². The van der Waals surface area contributed by atoms with Crippen molar-refractivity contribution in [2.45, 2.75) is 36.8 Å². The van der Waals surface area contributed by atoms with Crippen LogP contribution in [0.3, 0.4) is 0 Å². The van der Waals surface area contributed by atoms with Gasteiger partial charge in [-0.1, -0.05) is 30.3 Å². The van der Waals surface area contributed by atoms with E-state index in [-0.39, 0.29) is 23.1 Å². The van der Waals surface area contributed by atoms with Gasteiger partial charge in [0.25, 0.3) is 0 Å². The number of hydrogen-bond acceptors (Lipinski definition) is 3. The fourth-order valence-corrected chi connectivity index (χ4v) is 4.02. The normalized spacial score (nSPS) is 17.5. The highest BCUT2D eigenvalue weighted by Gasteiger charge is 2.41. The molecule has 1 aliphatic rings. The molecule has 0 amide bonds. The Morgan fingerprint density at radius 1 is 0.909 bits per heavy atom. The summed E-state index contributed by atoms with van der Waals surface area (Å²) in [4.78, 5) is 11.7. The zero-order valence-electron chi connectivity index (χ0n) is 17.4. The number of benzene rings is 2. The van der Waals surface area contributed by atoms with Gasteiger partial charge in [0.15, 0.2) is 0 Å². The molecule has 0 saturated heterocycles. The van der Waals surface area contributed by atoms with E-state index in [1.165, 1.54) is 31.4 Å². The third kappa shape index (κ3) is 5.22. The van der Waals surface area contributed by atoms with E-state index in [1.807, 2.05) is 0 Å². The average Bonchev–Trinajstić information content (AvgIpc) is 2.77.